The fraction of sp³-hybridized carbons (Fsp3) is 0.429. The van der Waals surface area contributed by atoms with E-state index in [4.69, 9.17) is 0 Å². The van der Waals surface area contributed by atoms with Crippen LogP contribution in [-0.2, 0) is 4.79 Å². The Balaban J connectivity index is 1.71. The number of carbonyl (C=O) groups is 1. The average Bonchev–Trinajstić information content (AvgIpc) is 3.06. The van der Waals surface area contributed by atoms with Crippen molar-refractivity contribution in [2.24, 2.45) is 0 Å². The van der Waals surface area contributed by atoms with Gasteiger partial charge in [-0.3, -0.25) is 4.79 Å². The molecule has 100 valence electrons. The molecule has 19 heavy (non-hydrogen) atoms. The Labute approximate surface area is 116 Å². The second kappa shape index (κ2) is 5.25. The van der Waals surface area contributed by atoms with E-state index in [2.05, 4.69) is 9.97 Å². The fourth-order valence-electron chi connectivity index (χ4n) is 2.40. The van der Waals surface area contributed by atoms with Crippen LogP contribution in [0.3, 0.4) is 0 Å². The van der Waals surface area contributed by atoms with Gasteiger partial charge in [0.05, 0.1) is 16.3 Å². The number of benzene rings is 1. The number of likely N-dealkylation sites (tertiary alicyclic amines) is 1. The van der Waals surface area contributed by atoms with Crippen molar-refractivity contribution in [1.82, 2.24) is 14.9 Å². The zero-order valence-electron chi connectivity index (χ0n) is 10.9. The van der Waals surface area contributed by atoms with Crippen molar-refractivity contribution in [2.45, 2.75) is 30.2 Å². The van der Waals surface area contributed by atoms with Crippen molar-refractivity contribution in [3.05, 3.63) is 24.3 Å². The molecule has 5 heteroatoms. The first-order valence-electron chi connectivity index (χ1n) is 6.64. The summed E-state index contributed by atoms with van der Waals surface area (Å²) in [7, 11) is 0. The van der Waals surface area contributed by atoms with Crippen LogP contribution in [0.25, 0.3) is 11.0 Å². The monoisotopic (exact) mass is 275 g/mol. The summed E-state index contributed by atoms with van der Waals surface area (Å²) in [5, 5.41) is 0.736. The van der Waals surface area contributed by atoms with Gasteiger partial charge in [0.1, 0.15) is 0 Å². The minimum absolute atomic E-state index is 0.0846. The largest absolute Gasteiger partial charge is 0.342 e. The van der Waals surface area contributed by atoms with Crippen LogP contribution in [-0.4, -0.2) is 39.1 Å². The summed E-state index contributed by atoms with van der Waals surface area (Å²) < 4.78 is 0. The maximum Gasteiger partial charge on any atom is 0.235 e. The summed E-state index contributed by atoms with van der Waals surface area (Å²) >= 11 is 1.51. The van der Waals surface area contributed by atoms with Crippen molar-refractivity contribution in [3.63, 3.8) is 0 Å². The minimum atomic E-state index is -0.0846. The molecule has 0 aliphatic carbocycles. The molecule has 3 rings (SSSR count). The van der Waals surface area contributed by atoms with Crippen LogP contribution in [0.4, 0.5) is 0 Å². The number of imidazole rings is 1. The predicted molar refractivity (Wildman–Crippen MR) is 77.2 cm³/mol. The number of para-hydroxylation sites is 2. The van der Waals surface area contributed by atoms with Gasteiger partial charge in [-0.05, 0) is 31.9 Å². The van der Waals surface area contributed by atoms with Crippen molar-refractivity contribution in [2.75, 3.05) is 13.1 Å². The lowest BCUT2D eigenvalue weighted by Gasteiger charge is -2.19. The number of nitrogens with one attached hydrogen (secondary N) is 1. The average molecular weight is 275 g/mol. The highest BCUT2D eigenvalue weighted by Crippen LogP contribution is 2.25. The van der Waals surface area contributed by atoms with Crippen LogP contribution < -0.4 is 0 Å². The lowest BCUT2D eigenvalue weighted by Crippen LogP contribution is -2.34. The molecule has 1 aromatic heterocycles. The Morgan fingerprint density at radius 1 is 1.37 bits per heavy atom. The molecule has 1 aliphatic rings. The number of thioether (sulfide) groups is 1. The number of fused-ring (bicyclic) bond motifs is 1. The van der Waals surface area contributed by atoms with Crippen LogP contribution >= 0.6 is 11.8 Å². The molecule has 1 saturated heterocycles. The molecule has 0 radical (unpaired) electrons. The number of amides is 1. The van der Waals surface area contributed by atoms with E-state index in [-0.39, 0.29) is 11.2 Å². The molecule has 0 unspecified atom stereocenters. The van der Waals surface area contributed by atoms with Gasteiger partial charge in [-0.25, -0.2) is 4.98 Å². The maximum absolute atomic E-state index is 12.2. The summed E-state index contributed by atoms with van der Waals surface area (Å²) in [4.78, 5) is 21.9. The third kappa shape index (κ3) is 2.61. The van der Waals surface area contributed by atoms with E-state index < -0.39 is 0 Å². The van der Waals surface area contributed by atoms with E-state index in [0.717, 1.165) is 42.1 Å². The van der Waals surface area contributed by atoms with Gasteiger partial charge in [0.15, 0.2) is 5.16 Å². The van der Waals surface area contributed by atoms with Gasteiger partial charge in [0.2, 0.25) is 5.91 Å². The molecule has 1 atom stereocenters. The molecule has 2 aromatic rings. The standard InChI is InChI=1S/C14H17N3OS/c1-10(13(18)17-8-4-5-9-17)19-14-15-11-6-2-3-7-12(11)16-14/h2-3,6-7,10H,4-5,8-9H2,1H3,(H,15,16)/t10-/m1/s1. The second-order valence-electron chi connectivity index (χ2n) is 4.85. The van der Waals surface area contributed by atoms with Gasteiger partial charge in [0, 0.05) is 13.1 Å². The molecule has 0 bridgehead atoms. The first kappa shape index (κ1) is 12.5. The van der Waals surface area contributed by atoms with Crippen LogP contribution in [0.1, 0.15) is 19.8 Å². The van der Waals surface area contributed by atoms with E-state index in [1.54, 1.807) is 0 Å². The number of nitrogens with zero attached hydrogens (tertiary/aromatic N) is 2. The van der Waals surface area contributed by atoms with Crippen molar-refractivity contribution < 1.29 is 4.79 Å². The number of hydrogen-bond donors (Lipinski definition) is 1. The zero-order chi connectivity index (χ0) is 13.2. The zero-order valence-corrected chi connectivity index (χ0v) is 11.7. The lowest BCUT2D eigenvalue weighted by molar-refractivity contribution is -0.129. The number of aromatic nitrogens is 2. The Hall–Kier alpha value is -1.49. The minimum Gasteiger partial charge on any atom is -0.342 e. The third-order valence-corrected chi connectivity index (χ3v) is 4.39. The van der Waals surface area contributed by atoms with E-state index in [0.29, 0.717) is 0 Å². The molecular weight excluding hydrogens is 258 g/mol. The molecule has 0 saturated carbocycles. The normalized spacial score (nSPS) is 17.0. The highest BCUT2D eigenvalue weighted by atomic mass is 32.2. The maximum atomic E-state index is 12.2. The number of aromatic amines is 1. The summed E-state index contributed by atoms with van der Waals surface area (Å²) in [5.41, 5.74) is 1.97. The van der Waals surface area contributed by atoms with Crippen LogP contribution in [0, 0.1) is 0 Å². The number of carbonyl (C=O) groups excluding carboxylic acids is 1. The fourth-order valence-corrected chi connectivity index (χ4v) is 3.30. The second-order valence-corrected chi connectivity index (χ2v) is 6.18. The lowest BCUT2D eigenvalue weighted by atomic mass is 10.3. The Morgan fingerprint density at radius 3 is 2.84 bits per heavy atom. The molecule has 4 nitrogen and oxygen atoms in total. The topological polar surface area (TPSA) is 49.0 Å². The Morgan fingerprint density at radius 2 is 2.11 bits per heavy atom. The highest BCUT2D eigenvalue weighted by molar-refractivity contribution is 8.00. The first-order valence-corrected chi connectivity index (χ1v) is 7.52. The molecule has 1 amide bonds. The van der Waals surface area contributed by atoms with E-state index in [9.17, 15) is 4.79 Å². The van der Waals surface area contributed by atoms with Gasteiger partial charge < -0.3 is 9.88 Å². The Bertz CT molecular complexity index is 556. The first-order chi connectivity index (χ1) is 9.24. The SMILES string of the molecule is C[C@@H](Sc1nc2ccccc2[nH]1)C(=O)N1CCCC1. The van der Waals surface area contributed by atoms with Crippen LogP contribution in [0.15, 0.2) is 29.4 Å². The van der Waals surface area contributed by atoms with Crippen LogP contribution in [0.5, 0.6) is 0 Å². The molecule has 1 aliphatic heterocycles. The van der Waals surface area contributed by atoms with Gasteiger partial charge in [-0.15, -0.1) is 0 Å². The molecule has 1 fully saturated rings. The van der Waals surface area contributed by atoms with Gasteiger partial charge in [-0.1, -0.05) is 23.9 Å². The van der Waals surface area contributed by atoms with Crippen LogP contribution in [0.2, 0.25) is 0 Å². The third-order valence-electron chi connectivity index (χ3n) is 3.42. The van der Waals surface area contributed by atoms with Gasteiger partial charge in [0.25, 0.3) is 0 Å². The number of hydrogen-bond acceptors (Lipinski definition) is 3. The predicted octanol–water partition coefficient (Wildman–Crippen LogP) is 2.67. The molecule has 2 heterocycles. The van der Waals surface area contributed by atoms with Gasteiger partial charge >= 0.3 is 0 Å². The Kier molecular flexibility index (Phi) is 3.46. The summed E-state index contributed by atoms with van der Waals surface area (Å²) in [6, 6.07) is 7.92. The van der Waals surface area contributed by atoms with Crippen molar-refractivity contribution >= 4 is 28.7 Å². The summed E-state index contributed by atoms with van der Waals surface area (Å²) in [6.07, 6.45) is 2.27. The number of rotatable bonds is 3. The molecule has 1 N–H and O–H groups in total. The van der Waals surface area contributed by atoms with E-state index in [1.807, 2.05) is 36.1 Å². The van der Waals surface area contributed by atoms with Crippen molar-refractivity contribution in [3.8, 4) is 0 Å². The quantitative estimate of drug-likeness (QED) is 0.876. The van der Waals surface area contributed by atoms with Crippen molar-refractivity contribution in [1.29, 1.82) is 0 Å². The smallest absolute Gasteiger partial charge is 0.235 e. The van der Waals surface area contributed by atoms with Gasteiger partial charge in [-0.2, -0.15) is 0 Å². The van der Waals surface area contributed by atoms with E-state index >= 15 is 0 Å². The summed E-state index contributed by atoms with van der Waals surface area (Å²) in [6.45, 7) is 3.77. The highest BCUT2D eigenvalue weighted by Gasteiger charge is 2.24. The molecule has 0 spiro atoms. The molecular formula is C14H17N3OS. The van der Waals surface area contributed by atoms with E-state index in [1.165, 1.54) is 11.8 Å². The molecule has 1 aromatic carbocycles. The summed E-state index contributed by atoms with van der Waals surface area (Å²) in [5.74, 6) is 0.225. The number of H-pyrrole nitrogens is 1.